The number of morpholine rings is 1. The summed E-state index contributed by atoms with van der Waals surface area (Å²) in [5, 5.41) is 3.01. The summed E-state index contributed by atoms with van der Waals surface area (Å²) in [5.74, 6) is 0.939. The summed E-state index contributed by atoms with van der Waals surface area (Å²) in [5.41, 5.74) is 0.817. The summed E-state index contributed by atoms with van der Waals surface area (Å²) >= 11 is 0. The van der Waals surface area contributed by atoms with E-state index in [4.69, 9.17) is 9.47 Å². The number of carbonyl (C=O) groups is 2. The van der Waals surface area contributed by atoms with Crippen LogP contribution in [-0.4, -0.2) is 44.7 Å². The molecule has 136 valence electrons. The molecule has 0 radical (unpaired) electrons. The Labute approximate surface area is 148 Å². The monoisotopic (exact) mass is 346 g/mol. The number of rotatable bonds is 5. The number of nitrogens with one attached hydrogen (secondary N) is 1. The van der Waals surface area contributed by atoms with E-state index in [9.17, 15) is 9.59 Å². The fraction of sp³-hybridized carbons (Fsp3) is 0.579. The van der Waals surface area contributed by atoms with Crippen molar-refractivity contribution in [3.8, 4) is 5.75 Å². The fourth-order valence-corrected chi connectivity index (χ4v) is 3.48. The third-order valence-corrected chi connectivity index (χ3v) is 4.99. The van der Waals surface area contributed by atoms with Crippen LogP contribution < -0.4 is 15.0 Å². The predicted octanol–water partition coefficient (Wildman–Crippen LogP) is 2.12. The molecule has 6 heteroatoms. The van der Waals surface area contributed by atoms with Gasteiger partial charge >= 0.3 is 0 Å². The lowest BCUT2D eigenvalue weighted by Crippen LogP contribution is -2.51. The van der Waals surface area contributed by atoms with Crippen LogP contribution >= 0.6 is 0 Å². The Hall–Kier alpha value is -2.08. The Kier molecular flexibility index (Phi) is 5.91. The van der Waals surface area contributed by atoms with Gasteiger partial charge in [-0.1, -0.05) is 19.3 Å². The van der Waals surface area contributed by atoms with Crippen molar-refractivity contribution < 1.29 is 19.1 Å². The van der Waals surface area contributed by atoms with Crippen LogP contribution in [0.15, 0.2) is 24.3 Å². The molecule has 3 rings (SSSR count). The second-order valence-electron chi connectivity index (χ2n) is 6.72. The molecule has 1 aromatic rings. The second-order valence-corrected chi connectivity index (χ2v) is 6.72. The second kappa shape index (κ2) is 8.34. The Balaban J connectivity index is 1.54. The minimum absolute atomic E-state index is 0.0377. The zero-order valence-corrected chi connectivity index (χ0v) is 14.7. The maximum Gasteiger partial charge on any atom is 0.253 e. The number of ether oxygens (including phenoxy) is 2. The minimum Gasteiger partial charge on any atom is -0.497 e. The molecule has 1 saturated heterocycles. The van der Waals surface area contributed by atoms with Crippen molar-refractivity contribution >= 4 is 17.5 Å². The molecular formula is C19H26N2O4. The van der Waals surface area contributed by atoms with Crippen LogP contribution in [0, 0.1) is 5.92 Å². The van der Waals surface area contributed by atoms with Gasteiger partial charge in [-0.05, 0) is 37.1 Å². The summed E-state index contributed by atoms with van der Waals surface area (Å²) in [6, 6.07) is 7.38. The molecule has 0 bridgehead atoms. The lowest BCUT2D eigenvalue weighted by atomic mass is 9.88. The highest BCUT2D eigenvalue weighted by Gasteiger charge is 2.28. The molecule has 25 heavy (non-hydrogen) atoms. The number of carbonyl (C=O) groups excluding carboxylic acids is 2. The van der Waals surface area contributed by atoms with Crippen LogP contribution in [0.5, 0.6) is 5.75 Å². The van der Waals surface area contributed by atoms with Gasteiger partial charge in [-0.25, -0.2) is 0 Å². The number of hydrogen-bond acceptors (Lipinski definition) is 4. The summed E-state index contributed by atoms with van der Waals surface area (Å²) < 4.78 is 10.7. The third kappa shape index (κ3) is 4.51. The van der Waals surface area contributed by atoms with E-state index < -0.39 is 0 Å². The van der Waals surface area contributed by atoms with Gasteiger partial charge in [-0.15, -0.1) is 0 Å². The first-order valence-corrected chi connectivity index (χ1v) is 9.01. The summed E-state index contributed by atoms with van der Waals surface area (Å²) in [6.07, 6.45) is 5.28. The Morgan fingerprint density at radius 3 is 2.64 bits per heavy atom. The van der Waals surface area contributed by atoms with E-state index in [2.05, 4.69) is 5.32 Å². The predicted molar refractivity (Wildman–Crippen MR) is 94.7 cm³/mol. The number of anilines is 1. The zero-order chi connectivity index (χ0) is 17.6. The number of hydrogen-bond donors (Lipinski definition) is 1. The average Bonchev–Trinajstić information content (AvgIpc) is 2.68. The van der Waals surface area contributed by atoms with E-state index in [0.717, 1.165) is 37.1 Å². The topological polar surface area (TPSA) is 67.9 Å². The molecule has 1 unspecified atom stereocenters. The molecule has 1 atom stereocenters. The van der Waals surface area contributed by atoms with Gasteiger partial charge in [-0.3, -0.25) is 9.59 Å². The van der Waals surface area contributed by atoms with Gasteiger partial charge in [0.15, 0.2) is 0 Å². The molecular weight excluding hydrogens is 320 g/mol. The minimum atomic E-state index is -0.188. The van der Waals surface area contributed by atoms with Gasteiger partial charge in [0.25, 0.3) is 5.91 Å². The van der Waals surface area contributed by atoms with Crippen molar-refractivity contribution in [1.29, 1.82) is 0 Å². The lowest BCUT2D eigenvalue weighted by Gasteiger charge is -2.33. The molecule has 1 aliphatic carbocycles. The van der Waals surface area contributed by atoms with Crippen LogP contribution in [0.3, 0.4) is 0 Å². The van der Waals surface area contributed by atoms with Gasteiger partial charge in [0.05, 0.1) is 19.8 Å². The molecule has 2 fully saturated rings. The normalized spacial score (nSPS) is 21.9. The fourth-order valence-electron chi connectivity index (χ4n) is 3.48. The van der Waals surface area contributed by atoms with E-state index in [1.807, 2.05) is 24.3 Å². The Morgan fingerprint density at radius 1 is 1.24 bits per heavy atom. The van der Waals surface area contributed by atoms with E-state index in [-0.39, 0.29) is 30.4 Å². The third-order valence-electron chi connectivity index (χ3n) is 4.99. The first-order valence-electron chi connectivity index (χ1n) is 9.01. The molecule has 1 saturated carbocycles. The SMILES string of the molecule is COc1ccc(N2CC(CNC(=O)C3CCCCC3)OCC2=O)cc1. The first-order chi connectivity index (χ1) is 12.2. The average molecular weight is 346 g/mol. The molecule has 1 N–H and O–H groups in total. The molecule has 6 nitrogen and oxygen atoms in total. The molecule has 1 aliphatic heterocycles. The van der Waals surface area contributed by atoms with Crippen molar-refractivity contribution in [2.75, 3.05) is 31.7 Å². The summed E-state index contributed by atoms with van der Waals surface area (Å²) in [6.45, 7) is 0.918. The molecule has 2 aliphatic rings. The van der Waals surface area contributed by atoms with Gasteiger partial charge in [0.2, 0.25) is 5.91 Å². The van der Waals surface area contributed by atoms with E-state index in [1.165, 1.54) is 6.42 Å². The van der Waals surface area contributed by atoms with Crippen LogP contribution in [0.25, 0.3) is 0 Å². The molecule has 1 aromatic carbocycles. The standard InChI is InChI=1S/C19H26N2O4/c1-24-16-9-7-15(8-10-16)21-12-17(25-13-18(21)22)11-20-19(23)14-5-3-2-4-6-14/h7-10,14,17H,2-6,11-13H2,1H3,(H,20,23). The highest BCUT2D eigenvalue weighted by atomic mass is 16.5. The Bertz CT molecular complexity index is 596. The number of methoxy groups -OCH3 is 1. The van der Waals surface area contributed by atoms with E-state index in [0.29, 0.717) is 13.1 Å². The van der Waals surface area contributed by atoms with Gasteiger partial charge in [-0.2, -0.15) is 0 Å². The van der Waals surface area contributed by atoms with Crippen molar-refractivity contribution in [2.45, 2.75) is 38.2 Å². The largest absolute Gasteiger partial charge is 0.497 e. The quantitative estimate of drug-likeness (QED) is 0.887. The molecule has 0 aromatic heterocycles. The number of nitrogens with zero attached hydrogens (tertiary/aromatic N) is 1. The molecule has 1 heterocycles. The van der Waals surface area contributed by atoms with Crippen LogP contribution in [-0.2, 0) is 14.3 Å². The number of benzene rings is 1. The van der Waals surface area contributed by atoms with E-state index >= 15 is 0 Å². The highest BCUT2D eigenvalue weighted by molar-refractivity contribution is 5.95. The number of amides is 2. The Morgan fingerprint density at radius 2 is 1.96 bits per heavy atom. The van der Waals surface area contributed by atoms with Crippen molar-refractivity contribution in [2.24, 2.45) is 5.92 Å². The maximum absolute atomic E-state index is 12.3. The van der Waals surface area contributed by atoms with Gasteiger partial charge < -0.3 is 19.7 Å². The lowest BCUT2D eigenvalue weighted by molar-refractivity contribution is -0.130. The van der Waals surface area contributed by atoms with Crippen molar-refractivity contribution in [3.63, 3.8) is 0 Å². The summed E-state index contributed by atoms with van der Waals surface area (Å²) in [4.78, 5) is 26.1. The van der Waals surface area contributed by atoms with Crippen LogP contribution in [0.4, 0.5) is 5.69 Å². The zero-order valence-electron chi connectivity index (χ0n) is 14.7. The molecule has 2 amide bonds. The van der Waals surface area contributed by atoms with Crippen molar-refractivity contribution in [3.05, 3.63) is 24.3 Å². The van der Waals surface area contributed by atoms with Gasteiger partial charge in [0, 0.05) is 18.2 Å². The highest BCUT2D eigenvalue weighted by Crippen LogP contribution is 2.24. The summed E-state index contributed by atoms with van der Waals surface area (Å²) in [7, 11) is 1.61. The van der Waals surface area contributed by atoms with Gasteiger partial charge in [0.1, 0.15) is 12.4 Å². The van der Waals surface area contributed by atoms with E-state index in [1.54, 1.807) is 12.0 Å². The molecule has 0 spiro atoms. The maximum atomic E-state index is 12.3. The van der Waals surface area contributed by atoms with Crippen LogP contribution in [0.1, 0.15) is 32.1 Å². The van der Waals surface area contributed by atoms with Crippen molar-refractivity contribution in [1.82, 2.24) is 5.32 Å². The smallest absolute Gasteiger partial charge is 0.253 e. The van der Waals surface area contributed by atoms with Crippen LogP contribution in [0.2, 0.25) is 0 Å². The first kappa shape index (κ1) is 17.7.